The van der Waals surface area contributed by atoms with Gasteiger partial charge in [0.25, 0.3) is 0 Å². The standard InChI is InChI=1S/C19H22BrN/c1-2-14-6-8-15(9-7-14)18-10-11-21-13-19(18)16-4-3-5-17(20)12-16/h3-9,12,18-19,21H,2,10-11,13H2,1H3. The Hall–Kier alpha value is -1.12. The fraction of sp³-hybridized carbons (Fsp3) is 0.368. The minimum atomic E-state index is 0.559. The first-order chi connectivity index (χ1) is 10.3. The molecule has 0 amide bonds. The van der Waals surface area contributed by atoms with Gasteiger partial charge in [-0.15, -0.1) is 0 Å². The van der Waals surface area contributed by atoms with Gasteiger partial charge in [-0.1, -0.05) is 59.3 Å². The predicted molar refractivity (Wildman–Crippen MR) is 92.9 cm³/mol. The molecule has 0 saturated carbocycles. The normalized spacial score (nSPS) is 22.2. The molecule has 1 saturated heterocycles. The third kappa shape index (κ3) is 3.38. The van der Waals surface area contributed by atoms with Gasteiger partial charge in [0.1, 0.15) is 0 Å². The van der Waals surface area contributed by atoms with Crippen molar-refractivity contribution in [1.29, 1.82) is 0 Å². The highest BCUT2D eigenvalue weighted by molar-refractivity contribution is 9.10. The molecule has 3 rings (SSSR count). The lowest BCUT2D eigenvalue weighted by Crippen LogP contribution is -2.34. The molecule has 1 heterocycles. The third-order valence-corrected chi connectivity index (χ3v) is 5.07. The van der Waals surface area contributed by atoms with E-state index >= 15 is 0 Å². The van der Waals surface area contributed by atoms with Gasteiger partial charge in [-0.3, -0.25) is 0 Å². The minimum Gasteiger partial charge on any atom is -0.316 e. The Morgan fingerprint density at radius 2 is 1.86 bits per heavy atom. The molecule has 2 aromatic rings. The van der Waals surface area contributed by atoms with Gasteiger partial charge >= 0.3 is 0 Å². The summed E-state index contributed by atoms with van der Waals surface area (Å²) in [6.45, 7) is 4.39. The highest BCUT2D eigenvalue weighted by Crippen LogP contribution is 2.38. The molecule has 21 heavy (non-hydrogen) atoms. The molecule has 1 nitrogen and oxygen atoms in total. The van der Waals surface area contributed by atoms with Crippen LogP contribution in [-0.4, -0.2) is 13.1 Å². The van der Waals surface area contributed by atoms with Gasteiger partial charge in [0.15, 0.2) is 0 Å². The van der Waals surface area contributed by atoms with Crippen LogP contribution >= 0.6 is 15.9 Å². The molecule has 2 atom stereocenters. The zero-order valence-corrected chi connectivity index (χ0v) is 14.1. The van der Waals surface area contributed by atoms with E-state index in [2.05, 4.69) is 76.7 Å². The highest BCUT2D eigenvalue weighted by Gasteiger charge is 2.27. The van der Waals surface area contributed by atoms with Gasteiger partial charge in [0.2, 0.25) is 0 Å². The maximum atomic E-state index is 3.60. The summed E-state index contributed by atoms with van der Waals surface area (Å²) >= 11 is 3.60. The molecule has 0 radical (unpaired) electrons. The first-order valence-electron chi connectivity index (χ1n) is 7.83. The smallest absolute Gasteiger partial charge is 0.0178 e. The Kier molecular flexibility index (Phi) is 4.77. The van der Waals surface area contributed by atoms with Crippen molar-refractivity contribution in [2.75, 3.05) is 13.1 Å². The lowest BCUT2D eigenvalue weighted by Gasteiger charge is -2.33. The van der Waals surface area contributed by atoms with Crippen molar-refractivity contribution in [3.8, 4) is 0 Å². The number of aryl methyl sites for hydroxylation is 1. The van der Waals surface area contributed by atoms with Crippen LogP contribution in [0.3, 0.4) is 0 Å². The molecule has 2 heteroatoms. The van der Waals surface area contributed by atoms with E-state index in [-0.39, 0.29) is 0 Å². The number of rotatable bonds is 3. The molecule has 1 fully saturated rings. The third-order valence-electron chi connectivity index (χ3n) is 4.58. The van der Waals surface area contributed by atoms with Crippen LogP contribution in [-0.2, 0) is 6.42 Å². The Morgan fingerprint density at radius 3 is 2.57 bits per heavy atom. The largest absolute Gasteiger partial charge is 0.316 e. The number of halogens is 1. The summed E-state index contributed by atoms with van der Waals surface area (Å²) in [4.78, 5) is 0. The highest BCUT2D eigenvalue weighted by atomic mass is 79.9. The second-order valence-electron chi connectivity index (χ2n) is 5.86. The molecule has 0 spiro atoms. The van der Waals surface area contributed by atoms with Crippen molar-refractivity contribution < 1.29 is 0 Å². The van der Waals surface area contributed by atoms with Crippen molar-refractivity contribution in [2.45, 2.75) is 31.6 Å². The van der Waals surface area contributed by atoms with Crippen molar-refractivity contribution in [2.24, 2.45) is 0 Å². The van der Waals surface area contributed by atoms with Crippen LogP contribution in [0.2, 0.25) is 0 Å². The van der Waals surface area contributed by atoms with Gasteiger partial charge in [-0.25, -0.2) is 0 Å². The molecular formula is C19H22BrN. The van der Waals surface area contributed by atoms with Crippen LogP contribution in [0, 0.1) is 0 Å². The molecule has 0 aromatic heterocycles. The molecule has 1 aliphatic heterocycles. The lowest BCUT2D eigenvalue weighted by molar-refractivity contribution is 0.404. The number of benzene rings is 2. The van der Waals surface area contributed by atoms with Crippen LogP contribution in [0.15, 0.2) is 53.0 Å². The maximum absolute atomic E-state index is 3.60. The van der Waals surface area contributed by atoms with Crippen LogP contribution in [0.25, 0.3) is 0 Å². The quantitative estimate of drug-likeness (QED) is 0.837. The van der Waals surface area contributed by atoms with E-state index in [4.69, 9.17) is 0 Å². The summed E-state index contributed by atoms with van der Waals surface area (Å²) in [6, 6.07) is 18.0. The Labute approximate surface area is 135 Å². The van der Waals surface area contributed by atoms with E-state index < -0.39 is 0 Å². The molecule has 0 bridgehead atoms. The van der Waals surface area contributed by atoms with E-state index in [0.29, 0.717) is 11.8 Å². The molecule has 2 unspecified atom stereocenters. The maximum Gasteiger partial charge on any atom is 0.0178 e. The topological polar surface area (TPSA) is 12.0 Å². The van der Waals surface area contributed by atoms with Gasteiger partial charge in [0, 0.05) is 16.9 Å². The van der Waals surface area contributed by atoms with E-state index in [9.17, 15) is 0 Å². The van der Waals surface area contributed by atoms with Crippen molar-refractivity contribution in [3.05, 3.63) is 69.7 Å². The van der Waals surface area contributed by atoms with Gasteiger partial charge in [-0.05, 0) is 54.1 Å². The van der Waals surface area contributed by atoms with Crippen molar-refractivity contribution in [3.63, 3.8) is 0 Å². The summed E-state index contributed by atoms with van der Waals surface area (Å²) < 4.78 is 1.17. The minimum absolute atomic E-state index is 0.559. The zero-order chi connectivity index (χ0) is 14.7. The number of nitrogens with one attached hydrogen (secondary N) is 1. The molecule has 1 N–H and O–H groups in total. The second kappa shape index (κ2) is 6.76. The predicted octanol–water partition coefficient (Wildman–Crippen LogP) is 4.87. The molecule has 110 valence electrons. The van der Waals surface area contributed by atoms with Gasteiger partial charge in [0.05, 0.1) is 0 Å². The van der Waals surface area contributed by atoms with Crippen LogP contribution in [0.1, 0.15) is 41.9 Å². The lowest BCUT2D eigenvalue weighted by atomic mass is 9.77. The first-order valence-corrected chi connectivity index (χ1v) is 8.62. The fourth-order valence-corrected chi connectivity index (χ4v) is 3.76. The molecule has 2 aromatic carbocycles. The monoisotopic (exact) mass is 343 g/mol. The average molecular weight is 344 g/mol. The second-order valence-corrected chi connectivity index (χ2v) is 6.77. The van der Waals surface area contributed by atoms with Crippen molar-refractivity contribution in [1.82, 2.24) is 5.32 Å². The summed E-state index contributed by atoms with van der Waals surface area (Å²) in [5.74, 6) is 1.18. The number of hydrogen-bond donors (Lipinski definition) is 1. The van der Waals surface area contributed by atoms with E-state index in [1.165, 1.54) is 27.6 Å². The SMILES string of the molecule is CCc1ccc(C2CCNCC2c2cccc(Br)c2)cc1. The van der Waals surface area contributed by atoms with Crippen LogP contribution in [0.5, 0.6) is 0 Å². The van der Waals surface area contributed by atoms with Crippen LogP contribution in [0.4, 0.5) is 0 Å². The van der Waals surface area contributed by atoms with Gasteiger partial charge in [-0.2, -0.15) is 0 Å². The van der Waals surface area contributed by atoms with E-state index in [0.717, 1.165) is 19.5 Å². The summed E-state index contributed by atoms with van der Waals surface area (Å²) in [6.07, 6.45) is 2.32. The number of piperidine rings is 1. The Balaban J connectivity index is 1.90. The van der Waals surface area contributed by atoms with E-state index in [1.807, 2.05) is 0 Å². The fourth-order valence-electron chi connectivity index (χ4n) is 3.35. The van der Waals surface area contributed by atoms with Crippen molar-refractivity contribution >= 4 is 15.9 Å². The first kappa shape index (κ1) is 14.8. The van der Waals surface area contributed by atoms with Crippen LogP contribution < -0.4 is 5.32 Å². The van der Waals surface area contributed by atoms with E-state index in [1.54, 1.807) is 0 Å². The molecule has 1 aliphatic rings. The average Bonchev–Trinajstić information content (AvgIpc) is 2.55. The summed E-state index contributed by atoms with van der Waals surface area (Å²) in [7, 11) is 0. The molecular weight excluding hydrogens is 322 g/mol. The Bertz CT molecular complexity index is 591. The zero-order valence-electron chi connectivity index (χ0n) is 12.5. The molecule has 0 aliphatic carbocycles. The summed E-state index contributed by atoms with van der Waals surface area (Å²) in [5, 5.41) is 3.56. The van der Waals surface area contributed by atoms with Gasteiger partial charge < -0.3 is 5.32 Å². The summed E-state index contributed by atoms with van der Waals surface area (Å²) in [5.41, 5.74) is 4.34. The number of hydrogen-bond acceptors (Lipinski definition) is 1. The Morgan fingerprint density at radius 1 is 1.05 bits per heavy atom.